The van der Waals surface area contributed by atoms with Crippen molar-refractivity contribution >= 4 is 11.7 Å². The van der Waals surface area contributed by atoms with Gasteiger partial charge in [0.25, 0.3) is 5.91 Å². The average Bonchev–Trinajstić information content (AvgIpc) is 3.15. The molecule has 3 rings (SSSR count). The summed E-state index contributed by atoms with van der Waals surface area (Å²) in [7, 11) is 0. The minimum atomic E-state index is -0.179. The fourth-order valence-electron chi connectivity index (χ4n) is 3.19. The fourth-order valence-corrected chi connectivity index (χ4v) is 3.19. The van der Waals surface area contributed by atoms with Crippen molar-refractivity contribution in [1.29, 1.82) is 0 Å². The van der Waals surface area contributed by atoms with Crippen LogP contribution in [0.1, 0.15) is 44.7 Å². The van der Waals surface area contributed by atoms with E-state index < -0.39 is 0 Å². The van der Waals surface area contributed by atoms with Gasteiger partial charge in [-0.15, -0.1) is 0 Å². The van der Waals surface area contributed by atoms with Crippen LogP contribution in [0.3, 0.4) is 0 Å². The highest BCUT2D eigenvalue weighted by Gasteiger charge is 2.19. The van der Waals surface area contributed by atoms with Crippen molar-refractivity contribution in [3.05, 3.63) is 70.8 Å². The molecule has 1 unspecified atom stereocenters. The molecule has 1 atom stereocenters. The third kappa shape index (κ3) is 4.34. The molecule has 1 amide bonds. The highest BCUT2D eigenvalue weighted by atomic mass is 16.2. The van der Waals surface area contributed by atoms with E-state index in [1.165, 1.54) is 6.42 Å². The molecule has 2 aromatic carbocycles. The molecule has 1 aliphatic rings. The predicted molar refractivity (Wildman–Crippen MR) is 99.0 cm³/mol. The van der Waals surface area contributed by atoms with Gasteiger partial charge in [-0.1, -0.05) is 48.0 Å². The van der Waals surface area contributed by atoms with Crippen molar-refractivity contribution in [3.63, 3.8) is 0 Å². The number of carbonyl (C=O) groups is 2. The van der Waals surface area contributed by atoms with Crippen LogP contribution in [0, 0.1) is 12.8 Å². The van der Waals surface area contributed by atoms with Gasteiger partial charge in [0.05, 0.1) is 5.56 Å². The normalized spacial score (nSPS) is 16.6. The molecule has 4 heteroatoms. The zero-order valence-electron chi connectivity index (χ0n) is 14.5. The Bertz CT molecular complexity index is 747. The molecule has 0 bridgehead atoms. The van der Waals surface area contributed by atoms with E-state index in [2.05, 4.69) is 10.6 Å². The van der Waals surface area contributed by atoms with Crippen molar-refractivity contribution in [2.45, 2.75) is 19.8 Å². The number of rotatable bonds is 6. The van der Waals surface area contributed by atoms with E-state index in [0.717, 1.165) is 25.1 Å². The molecule has 25 heavy (non-hydrogen) atoms. The van der Waals surface area contributed by atoms with E-state index in [-0.39, 0.29) is 11.7 Å². The first-order valence-corrected chi connectivity index (χ1v) is 8.84. The molecule has 130 valence electrons. The second-order valence-electron chi connectivity index (χ2n) is 6.64. The van der Waals surface area contributed by atoms with Gasteiger partial charge in [-0.3, -0.25) is 9.59 Å². The fraction of sp³-hybridized carbons (Fsp3) is 0.333. The molecule has 0 spiro atoms. The summed E-state index contributed by atoms with van der Waals surface area (Å²) >= 11 is 0. The average molecular weight is 336 g/mol. The lowest BCUT2D eigenvalue weighted by Crippen LogP contribution is -2.28. The second kappa shape index (κ2) is 8.08. The maximum atomic E-state index is 12.8. The molecular formula is C21H24N2O2. The first-order valence-electron chi connectivity index (χ1n) is 8.84. The first-order chi connectivity index (χ1) is 12.1. The molecule has 1 aliphatic heterocycles. The highest BCUT2D eigenvalue weighted by Crippen LogP contribution is 2.16. The van der Waals surface area contributed by atoms with E-state index in [1.807, 2.05) is 19.1 Å². The Labute approximate surface area is 148 Å². The van der Waals surface area contributed by atoms with Gasteiger partial charge in [-0.2, -0.15) is 0 Å². The van der Waals surface area contributed by atoms with Gasteiger partial charge in [0, 0.05) is 17.7 Å². The van der Waals surface area contributed by atoms with Crippen LogP contribution >= 0.6 is 0 Å². The molecule has 0 aromatic heterocycles. The van der Waals surface area contributed by atoms with Crippen LogP contribution in [0.2, 0.25) is 0 Å². The molecular weight excluding hydrogens is 312 g/mol. The molecule has 1 fully saturated rings. The van der Waals surface area contributed by atoms with Crippen LogP contribution in [0.4, 0.5) is 0 Å². The van der Waals surface area contributed by atoms with Crippen molar-refractivity contribution in [3.8, 4) is 0 Å². The topological polar surface area (TPSA) is 58.2 Å². The Kier molecular flexibility index (Phi) is 5.61. The molecule has 0 saturated carbocycles. The summed E-state index contributed by atoms with van der Waals surface area (Å²) in [5.74, 6) is 0.331. The Morgan fingerprint density at radius 2 is 1.80 bits per heavy atom. The molecule has 1 heterocycles. The van der Waals surface area contributed by atoms with Gasteiger partial charge >= 0.3 is 0 Å². The summed E-state index contributed by atoms with van der Waals surface area (Å²) in [4.78, 5) is 25.3. The lowest BCUT2D eigenvalue weighted by Gasteiger charge is -2.12. The minimum Gasteiger partial charge on any atom is -0.352 e. The smallest absolute Gasteiger partial charge is 0.252 e. The third-order valence-electron chi connectivity index (χ3n) is 4.73. The number of aryl methyl sites for hydroxylation is 1. The van der Waals surface area contributed by atoms with E-state index in [4.69, 9.17) is 0 Å². The highest BCUT2D eigenvalue weighted by molar-refractivity contribution is 6.15. The summed E-state index contributed by atoms with van der Waals surface area (Å²) in [6.07, 6.45) is 2.13. The van der Waals surface area contributed by atoms with Crippen molar-refractivity contribution in [2.75, 3.05) is 19.6 Å². The van der Waals surface area contributed by atoms with Gasteiger partial charge in [0.1, 0.15) is 0 Å². The summed E-state index contributed by atoms with van der Waals surface area (Å²) < 4.78 is 0. The van der Waals surface area contributed by atoms with Crippen LogP contribution < -0.4 is 10.6 Å². The number of benzene rings is 2. The summed E-state index contributed by atoms with van der Waals surface area (Å²) in [5.41, 5.74) is 2.59. The van der Waals surface area contributed by atoms with Crippen LogP contribution in [0.25, 0.3) is 0 Å². The van der Waals surface area contributed by atoms with E-state index >= 15 is 0 Å². The minimum absolute atomic E-state index is 0.120. The van der Waals surface area contributed by atoms with Crippen LogP contribution in [0.15, 0.2) is 48.5 Å². The van der Waals surface area contributed by atoms with Gasteiger partial charge in [0.15, 0.2) is 5.78 Å². The summed E-state index contributed by atoms with van der Waals surface area (Å²) in [6, 6.07) is 14.5. The van der Waals surface area contributed by atoms with Gasteiger partial charge in [-0.25, -0.2) is 0 Å². The van der Waals surface area contributed by atoms with Crippen molar-refractivity contribution in [2.24, 2.45) is 5.92 Å². The quantitative estimate of drug-likeness (QED) is 0.798. The standard InChI is InChI=1S/C21H24N2O2/c1-15-6-8-17(9-7-15)20(24)18-4-2-3-5-19(18)21(25)23-13-11-16-10-12-22-14-16/h2-9,16,22H,10-14H2,1H3,(H,23,25). The summed E-state index contributed by atoms with van der Waals surface area (Å²) in [6.45, 7) is 4.71. The van der Waals surface area contributed by atoms with Crippen LogP contribution in [-0.4, -0.2) is 31.3 Å². The third-order valence-corrected chi connectivity index (χ3v) is 4.73. The van der Waals surface area contributed by atoms with E-state index in [9.17, 15) is 9.59 Å². The molecule has 1 saturated heterocycles. The maximum Gasteiger partial charge on any atom is 0.252 e. The maximum absolute atomic E-state index is 12.8. The number of amides is 1. The molecule has 2 aromatic rings. The van der Waals surface area contributed by atoms with Crippen molar-refractivity contribution < 1.29 is 9.59 Å². The lowest BCUT2D eigenvalue weighted by atomic mass is 9.97. The van der Waals surface area contributed by atoms with E-state index in [1.54, 1.807) is 36.4 Å². The van der Waals surface area contributed by atoms with Crippen LogP contribution in [0.5, 0.6) is 0 Å². The Morgan fingerprint density at radius 3 is 2.48 bits per heavy atom. The zero-order chi connectivity index (χ0) is 17.6. The number of hydrogen-bond acceptors (Lipinski definition) is 3. The summed E-state index contributed by atoms with van der Waals surface area (Å²) in [5, 5.41) is 6.29. The van der Waals surface area contributed by atoms with E-state index in [0.29, 0.717) is 29.2 Å². The first kappa shape index (κ1) is 17.4. The lowest BCUT2D eigenvalue weighted by molar-refractivity contribution is 0.0940. The number of hydrogen-bond donors (Lipinski definition) is 2. The Morgan fingerprint density at radius 1 is 1.08 bits per heavy atom. The number of ketones is 1. The van der Waals surface area contributed by atoms with Gasteiger partial charge in [-0.05, 0) is 44.8 Å². The predicted octanol–water partition coefficient (Wildman–Crippen LogP) is 2.96. The van der Waals surface area contributed by atoms with Crippen LogP contribution in [-0.2, 0) is 0 Å². The number of nitrogens with one attached hydrogen (secondary N) is 2. The Hall–Kier alpha value is -2.46. The second-order valence-corrected chi connectivity index (χ2v) is 6.64. The Balaban J connectivity index is 1.70. The molecule has 4 nitrogen and oxygen atoms in total. The largest absolute Gasteiger partial charge is 0.352 e. The molecule has 2 N–H and O–H groups in total. The number of carbonyl (C=O) groups excluding carboxylic acids is 2. The van der Waals surface area contributed by atoms with Gasteiger partial charge < -0.3 is 10.6 Å². The zero-order valence-corrected chi connectivity index (χ0v) is 14.5. The monoisotopic (exact) mass is 336 g/mol. The molecule has 0 aliphatic carbocycles. The SMILES string of the molecule is Cc1ccc(C(=O)c2ccccc2C(=O)NCCC2CCNC2)cc1. The van der Waals surface area contributed by atoms with Crippen molar-refractivity contribution in [1.82, 2.24) is 10.6 Å². The van der Waals surface area contributed by atoms with Gasteiger partial charge in [0.2, 0.25) is 0 Å². The molecule has 0 radical (unpaired) electrons.